The van der Waals surface area contributed by atoms with Crippen LogP contribution in [0.4, 0.5) is 10.1 Å². The Bertz CT molecular complexity index is 716. The molecule has 6 heteroatoms. The lowest BCUT2D eigenvalue weighted by Gasteiger charge is -2.08. The summed E-state index contributed by atoms with van der Waals surface area (Å²) in [5.74, 6) is -0.415. The molecular formula is C17H15ClFNO3. The van der Waals surface area contributed by atoms with Gasteiger partial charge in [-0.3, -0.25) is 9.59 Å². The van der Waals surface area contributed by atoms with Crippen LogP contribution >= 0.6 is 11.6 Å². The lowest BCUT2D eigenvalue weighted by Crippen LogP contribution is -2.13. The fraction of sp³-hybridized carbons (Fsp3) is 0.176. The van der Waals surface area contributed by atoms with Gasteiger partial charge in [0, 0.05) is 24.1 Å². The molecule has 1 N–H and O–H groups in total. The third kappa shape index (κ3) is 4.79. The molecular weight excluding hydrogens is 321 g/mol. The standard InChI is InChI=1S/C17H15ClFNO3/c1-23-16-8-6-13(10-14(16)18)20-17(22)9-7-15(21)11-2-4-12(19)5-3-11/h2-6,8,10H,7,9H2,1H3,(H,20,22). The van der Waals surface area contributed by atoms with E-state index in [1.165, 1.54) is 31.4 Å². The van der Waals surface area contributed by atoms with Crippen molar-refractivity contribution in [3.8, 4) is 5.75 Å². The first kappa shape index (κ1) is 17.0. The first-order chi connectivity index (χ1) is 11.0. The van der Waals surface area contributed by atoms with Crippen LogP contribution in [-0.2, 0) is 4.79 Å². The predicted octanol–water partition coefficient (Wildman–Crippen LogP) is 4.09. The fourth-order valence-electron chi connectivity index (χ4n) is 1.97. The molecule has 0 heterocycles. The molecule has 2 rings (SSSR count). The Kier molecular flexibility index (Phi) is 5.71. The number of halogens is 2. The number of hydrogen-bond acceptors (Lipinski definition) is 3. The van der Waals surface area contributed by atoms with Gasteiger partial charge in [0.2, 0.25) is 5.91 Å². The monoisotopic (exact) mass is 335 g/mol. The molecule has 120 valence electrons. The number of Topliss-reactive ketones (excluding diaryl/α,β-unsaturated/α-hetero) is 1. The van der Waals surface area contributed by atoms with E-state index in [2.05, 4.69) is 5.32 Å². The van der Waals surface area contributed by atoms with Gasteiger partial charge in [-0.05, 0) is 42.5 Å². The van der Waals surface area contributed by atoms with Crippen molar-refractivity contribution in [2.45, 2.75) is 12.8 Å². The van der Waals surface area contributed by atoms with Crippen molar-refractivity contribution in [3.63, 3.8) is 0 Å². The summed E-state index contributed by atoms with van der Waals surface area (Å²) in [5.41, 5.74) is 0.904. The van der Waals surface area contributed by atoms with Gasteiger partial charge in [0.25, 0.3) is 0 Å². The molecule has 0 aliphatic carbocycles. The second kappa shape index (κ2) is 7.74. The van der Waals surface area contributed by atoms with Gasteiger partial charge in [-0.25, -0.2) is 4.39 Å². The maximum atomic E-state index is 12.8. The second-order valence-electron chi connectivity index (χ2n) is 4.83. The number of methoxy groups -OCH3 is 1. The van der Waals surface area contributed by atoms with Crippen molar-refractivity contribution < 1.29 is 18.7 Å². The van der Waals surface area contributed by atoms with Crippen LogP contribution in [0.5, 0.6) is 5.75 Å². The Labute approximate surface area is 138 Å². The lowest BCUT2D eigenvalue weighted by atomic mass is 10.1. The molecule has 0 aliphatic rings. The van der Waals surface area contributed by atoms with E-state index in [-0.39, 0.29) is 24.5 Å². The molecule has 0 fully saturated rings. The number of benzene rings is 2. The van der Waals surface area contributed by atoms with Gasteiger partial charge in [-0.2, -0.15) is 0 Å². The highest BCUT2D eigenvalue weighted by Gasteiger charge is 2.10. The van der Waals surface area contributed by atoms with E-state index in [4.69, 9.17) is 16.3 Å². The number of hydrogen-bond donors (Lipinski definition) is 1. The van der Waals surface area contributed by atoms with Gasteiger partial charge >= 0.3 is 0 Å². The Morgan fingerprint density at radius 1 is 1.13 bits per heavy atom. The van der Waals surface area contributed by atoms with Gasteiger partial charge in [-0.15, -0.1) is 0 Å². The Hall–Kier alpha value is -2.40. The van der Waals surface area contributed by atoms with Crippen LogP contribution < -0.4 is 10.1 Å². The zero-order valence-electron chi connectivity index (χ0n) is 12.4. The van der Waals surface area contributed by atoms with Crippen molar-refractivity contribution in [1.82, 2.24) is 0 Å². The highest BCUT2D eigenvalue weighted by molar-refractivity contribution is 6.32. The summed E-state index contributed by atoms with van der Waals surface area (Å²) in [6.07, 6.45) is 0.0706. The average molecular weight is 336 g/mol. The minimum Gasteiger partial charge on any atom is -0.495 e. The molecule has 2 aromatic carbocycles. The molecule has 0 unspecified atom stereocenters. The highest BCUT2D eigenvalue weighted by Crippen LogP contribution is 2.27. The van der Waals surface area contributed by atoms with Crippen molar-refractivity contribution in [2.24, 2.45) is 0 Å². The number of amides is 1. The Morgan fingerprint density at radius 2 is 1.83 bits per heavy atom. The van der Waals surface area contributed by atoms with E-state index in [1.54, 1.807) is 18.2 Å². The fourth-order valence-corrected chi connectivity index (χ4v) is 2.23. The molecule has 0 saturated carbocycles. The largest absolute Gasteiger partial charge is 0.495 e. The number of ether oxygens (including phenoxy) is 1. The van der Waals surface area contributed by atoms with Crippen LogP contribution in [-0.4, -0.2) is 18.8 Å². The average Bonchev–Trinajstić information content (AvgIpc) is 2.53. The third-order valence-corrected chi connectivity index (χ3v) is 3.48. The van der Waals surface area contributed by atoms with Crippen LogP contribution in [0.2, 0.25) is 5.02 Å². The molecule has 0 radical (unpaired) electrons. The molecule has 0 spiro atoms. The molecule has 2 aromatic rings. The molecule has 0 aromatic heterocycles. The predicted molar refractivity (Wildman–Crippen MR) is 86.6 cm³/mol. The number of anilines is 1. The number of ketones is 1. The minimum atomic E-state index is -0.407. The first-order valence-electron chi connectivity index (χ1n) is 6.92. The zero-order valence-corrected chi connectivity index (χ0v) is 13.2. The lowest BCUT2D eigenvalue weighted by molar-refractivity contribution is -0.116. The summed E-state index contributed by atoms with van der Waals surface area (Å²) >= 11 is 5.97. The van der Waals surface area contributed by atoms with E-state index < -0.39 is 5.82 Å². The summed E-state index contributed by atoms with van der Waals surface area (Å²) in [5, 5.41) is 3.04. The van der Waals surface area contributed by atoms with Crippen LogP contribution in [0.15, 0.2) is 42.5 Å². The normalized spacial score (nSPS) is 10.2. The van der Waals surface area contributed by atoms with Gasteiger partial charge in [0.1, 0.15) is 11.6 Å². The van der Waals surface area contributed by atoms with Crippen LogP contribution in [0.3, 0.4) is 0 Å². The van der Waals surface area contributed by atoms with E-state index in [0.717, 1.165) is 0 Å². The van der Waals surface area contributed by atoms with Crippen molar-refractivity contribution >= 4 is 29.0 Å². The topological polar surface area (TPSA) is 55.4 Å². The van der Waals surface area contributed by atoms with E-state index in [1.807, 2.05) is 0 Å². The number of rotatable bonds is 6. The summed E-state index contributed by atoms with van der Waals surface area (Å²) in [6, 6.07) is 10.1. The molecule has 4 nitrogen and oxygen atoms in total. The summed E-state index contributed by atoms with van der Waals surface area (Å²) in [7, 11) is 1.50. The van der Waals surface area contributed by atoms with Gasteiger partial charge in [0.05, 0.1) is 12.1 Å². The third-order valence-electron chi connectivity index (χ3n) is 3.18. The Balaban J connectivity index is 1.88. The molecule has 23 heavy (non-hydrogen) atoms. The minimum absolute atomic E-state index is 0.0276. The maximum absolute atomic E-state index is 12.8. The maximum Gasteiger partial charge on any atom is 0.224 e. The van der Waals surface area contributed by atoms with Crippen LogP contribution in [0.25, 0.3) is 0 Å². The van der Waals surface area contributed by atoms with Crippen molar-refractivity contribution in [1.29, 1.82) is 0 Å². The van der Waals surface area contributed by atoms with Crippen LogP contribution in [0.1, 0.15) is 23.2 Å². The molecule has 0 saturated heterocycles. The number of carbonyl (C=O) groups excluding carboxylic acids is 2. The first-order valence-corrected chi connectivity index (χ1v) is 7.29. The van der Waals surface area contributed by atoms with E-state index >= 15 is 0 Å². The van der Waals surface area contributed by atoms with Crippen molar-refractivity contribution in [2.75, 3.05) is 12.4 Å². The smallest absolute Gasteiger partial charge is 0.224 e. The molecule has 1 amide bonds. The highest BCUT2D eigenvalue weighted by atomic mass is 35.5. The quantitative estimate of drug-likeness (QED) is 0.809. The number of nitrogens with one attached hydrogen (secondary N) is 1. The van der Waals surface area contributed by atoms with Gasteiger partial charge in [0.15, 0.2) is 5.78 Å². The number of carbonyl (C=O) groups is 2. The van der Waals surface area contributed by atoms with Gasteiger partial charge in [-0.1, -0.05) is 11.6 Å². The summed E-state index contributed by atoms with van der Waals surface area (Å²) < 4.78 is 17.8. The molecule has 0 bridgehead atoms. The van der Waals surface area contributed by atoms with E-state index in [9.17, 15) is 14.0 Å². The van der Waals surface area contributed by atoms with E-state index in [0.29, 0.717) is 22.0 Å². The molecule has 0 atom stereocenters. The second-order valence-corrected chi connectivity index (χ2v) is 5.23. The molecule has 0 aliphatic heterocycles. The summed E-state index contributed by atoms with van der Waals surface area (Å²) in [6.45, 7) is 0. The van der Waals surface area contributed by atoms with Crippen LogP contribution in [0, 0.1) is 5.82 Å². The van der Waals surface area contributed by atoms with Gasteiger partial charge < -0.3 is 10.1 Å². The zero-order chi connectivity index (χ0) is 16.8. The van der Waals surface area contributed by atoms with Crippen molar-refractivity contribution in [3.05, 3.63) is 58.9 Å². The summed E-state index contributed by atoms with van der Waals surface area (Å²) in [4.78, 5) is 23.8. The Morgan fingerprint density at radius 3 is 2.43 bits per heavy atom. The SMILES string of the molecule is COc1ccc(NC(=O)CCC(=O)c2ccc(F)cc2)cc1Cl.